The lowest BCUT2D eigenvalue weighted by molar-refractivity contribution is 0.0357. The lowest BCUT2D eigenvalue weighted by Gasteiger charge is -2.26. The van der Waals surface area contributed by atoms with E-state index in [0.29, 0.717) is 41.1 Å². The molecule has 1 fully saturated rings. The normalized spacial score (nSPS) is 13.8. The minimum atomic E-state index is -0.477. The number of carbonyl (C=O) groups excluding carboxylic acids is 1. The van der Waals surface area contributed by atoms with Crippen molar-refractivity contribution in [2.45, 2.75) is 19.9 Å². The van der Waals surface area contributed by atoms with Crippen LogP contribution in [-0.4, -0.2) is 66.9 Å². The molecule has 0 aliphatic carbocycles. The molecule has 0 radical (unpaired) electrons. The summed E-state index contributed by atoms with van der Waals surface area (Å²) in [5.41, 5.74) is 0.647. The van der Waals surface area contributed by atoms with Crippen molar-refractivity contribution in [3.63, 3.8) is 0 Å². The summed E-state index contributed by atoms with van der Waals surface area (Å²) >= 11 is 0. The zero-order valence-corrected chi connectivity index (χ0v) is 20.5. The van der Waals surface area contributed by atoms with Crippen LogP contribution in [0.2, 0.25) is 0 Å². The van der Waals surface area contributed by atoms with Crippen LogP contribution in [0.15, 0.2) is 41.2 Å². The summed E-state index contributed by atoms with van der Waals surface area (Å²) in [5, 5.41) is 12.2. The molecule has 2 aromatic carbocycles. The number of fused-ring (bicyclic) bond motifs is 1. The Morgan fingerprint density at radius 2 is 2.06 bits per heavy atom. The Balaban J connectivity index is 1.59. The molecule has 0 unspecified atom stereocenters. The first-order chi connectivity index (χ1) is 17.5. The first-order valence-electron chi connectivity index (χ1n) is 11.9. The molecule has 1 amide bonds. The molecule has 0 bridgehead atoms. The van der Waals surface area contributed by atoms with E-state index in [1.165, 1.54) is 17.7 Å². The fourth-order valence-electron chi connectivity index (χ4n) is 4.14. The predicted molar refractivity (Wildman–Crippen MR) is 135 cm³/mol. The van der Waals surface area contributed by atoms with E-state index in [2.05, 4.69) is 15.2 Å². The van der Waals surface area contributed by atoms with Crippen molar-refractivity contribution in [3.05, 3.63) is 57.9 Å². The van der Waals surface area contributed by atoms with Crippen molar-refractivity contribution in [1.82, 2.24) is 14.5 Å². The van der Waals surface area contributed by atoms with Gasteiger partial charge in [-0.25, -0.2) is 4.98 Å². The Morgan fingerprint density at radius 3 is 2.78 bits per heavy atom. The number of nitrogens with one attached hydrogen (secondary N) is 1. The highest BCUT2D eigenvalue weighted by Crippen LogP contribution is 2.34. The molecule has 1 aliphatic heterocycles. The monoisotopic (exact) mass is 491 g/mol. The second-order valence-electron chi connectivity index (χ2n) is 8.28. The Morgan fingerprint density at radius 1 is 1.25 bits per heavy atom. The Kier molecular flexibility index (Phi) is 8.15. The molecule has 1 N–H and O–H groups in total. The van der Waals surface area contributed by atoms with Crippen LogP contribution in [-0.2, 0) is 11.3 Å². The average molecular weight is 492 g/mol. The van der Waals surface area contributed by atoms with Gasteiger partial charge in [-0.1, -0.05) is 6.07 Å². The van der Waals surface area contributed by atoms with Crippen LogP contribution >= 0.6 is 0 Å². The summed E-state index contributed by atoms with van der Waals surface area (Å²) in [5.74, 6) is 0.425. The van der Waals surface area contributed by atoms with E-state index in [4.69, 9.17) is 19.5 Å². The zero-order chi connectivity index (χ0) is 25.5. The van der Waals surface area contributed by atoms with Crippen LogP contribution in [0.3, 0.4) is 0 Å². The van der Waals surface area contributed by atoms with Crippen molar-refractivity contribution < 1.29 is 19.0 Å². The summed E-state index contributed by atoms with van der Waals surface area (Å²) in [7, 11) is 1.49. The summed E-state index contributed by atoms with van der Waals surface area (Å²) in [4.78, 5) is 33.0. The number of hydrogen-bond donors (Lipinski definition) is 1. The van der Waals surface area contributed by atoms with Crippen LogP contribution in [0.1, 0.15) is 29.3 Å². The number of ether oxygens (including phenoxy) is 3. The Labute approximate surface area is 209 Å². The molecule has 188 valence electrons. The van der Waals surface area contributed by atoms with Gasteiger partial charge in [0.2, 0.25) is 5.95 Å². The number of morpholine rings is 1. The highest BCUT2D eigenvalue weighted by atomic mass is 16.5. The maximum Gasteiger partial charge on any atom is 0.262 e. The number of nitriles is 1. The highest BCUT2D eigenvalue weighted by Gasteiger charge is 2.19. The lowest BCUT2D eigenvalue weighted by Crippen LogP contribution is -2.37. The number of rotatable bonds is 9. The summed E-state index contributed by atoms with van der Waals surface area (Å²) in [6, 6.07) is 11.7. The lowest BCUT2D eigenvalue weighted by atomic mass is 10.1. The molecule has 1 aromatic heterocycles. The zero-order valence-electron chi connectivity index (χ0n) is 20.5. The van der Waals surface area contributed by atoms with Crippen LogP contribution in [0.4, 0.5) is 5.95 Å². The van der Waals surface area contributed by atoms with Crippen LogP contribution in [0.25, 0.3) is 10.9 Å². The molecule has 10 heteroatoms. The summed E-state index contributed by atoms with van der Waals surface area (Å²) in [6.45, 7) is 6.82. The quantitative estimate of drug-likeness (QED) is 0.454. The Hall–Kier alpha value is -3.94. The van der Waals surface area contributed by atoms with Gasteiger partial charge in [-0.15, -0.1) is 0 Å². The number of nitrogens with zero attached hydrogens (tertiary/aromatic N) is 4. The number of amides is 1. The number of hydrogen-bond acceptors (Lipinski definition) is 8. The molecule has 0 saturated carbocycles. The number of carbonyl (C=O) groups is 1. The van der Waals surface area contributed by atoms with Gasteiger partial charge in [-0.2, -0.15) is 5.26 Å². The summed E-state index contributed by atoms with van der Waals surface area (Å²) in [6.07, 6.45) is 0.828. The van der Waals surface area contributed by atoms with Crippen molar-refractivity contribution >= 4 is 22.8 Å². The first-order valence-corrected chi connectivity index (χ1v) is 11.9. The van der Waals surface area contributed by atoms with Crippen LogP contribution < -0.4 is 20.3 Å². The second-order valence-corrected chi connectivity index (χ2v) is 8.28. The van der Waals surface area contributed by atoms with Gasteiger partial charge in [0.15, 0.2) is 11.5 Å². The van der Waals surface area contributed by atoms with Gasteiger partial charge in [-0.3, -0.25) is 24.4 Å². The fraction of sp³-hybridized carbons (Fsp3) is 0.385. The van der Waals surface area contributed by atoms with Crippen LogP contribution in [0.5, 0.6) is 11.5 Å². The van der Waals surface area contributed by atoms with E-state index < -0.39 is 5.91 Å². The van der Waals surface area contributed by atoms with Gasteiger partial charge in [0.25, 0.3) is 11.5 Å². The molecule has 10 nitrogen and oxygen atoms in total. The Bertz CT molecular complexity index is 1340. The topological polar surface area (TPSA) is 119 Å². The molecule has 0 spiro atoms. The third kappa shape index (κ3) is 5.48. The number of anilines is 1. The number of aromatic nitrogens is 2. The molecule has 1 aliphatic rings. The fourth-order valence-corrected chi connectivity index (χ4v) is 4.14. The van der Waals surface area contributed by atoms with Gasteiger partial charge < -0.3 is 14.2 Å². The van der Waals surface area contributed by atoms with E-state index in [1.54, 1.807) is 37.3 Å². The first kappa shape index (κ1) is 25.2. The van der Waals surface area contributed by atoms with Crippen molar-refractivity contribution in [2.24, 2.45) is 0 Å². The maximum absolute atomic E-state index is 13.2. The highest BCUT2D eigenvalue weighted by molar-refractivity contribution is 6.04. The van der Waals surface area contributed by atoms with Crippen molar-refractivity contribution in [3.8, 4) is 17.6 Å². The van der Waals surface area contributed by atoms with Gasteiger partial charge >= 0.3 is 0 Å². The smallest absolute Gasteiger partial charge is 0.262 e. The van der Waals surface area contributed by atoms with Gasteiger partial charge in [0.05, 0.1) is 43.9 Å². The molecule has 1 saturated heterocycles. The van der Waals surface area contributed by atoms with Crippen molar-refractivity contribution in [1.29, 1.82) is 5.26 Å². The SMILES string of the molecule is CCn1c(NC(=O)c2cccc(C#N)c2)nc2c(OC)c(OCCCN3CCOCC3)ccc2c1=O. The van der Waals surface area contributed by atoms with E-state index in [-0.39, 0.29) is 17.1 Å². The van der Waals surface area contributed by atoms with Gasteiger partial charge in [0.1, 0.15) is 5.52 Å². The summed E-state index contributed by atoms with van der Waals surface area (Å²) < 4.78 is 18.4. The molecule has 3 aromatic rings. The van der Waals surface area contributed by atoms with Crippen LogP contribution in [0, 0.1) is 11.3 Å². The molecular weight excluding hydrogens is 462 g/mol. The van der Waals surface area contributed by atoms with Gasteiger partial charge in [0, 0.05) is 31.7 Å². The van der Waals surface area contributed by atoms with E-state index in [0.717, 1.165) is 39.3 Å². The minimum absolute atomic E-state index is 0.0881. The molecular formula is C26H29N5O5. The molecule has 0 atom stereocenters. The molecule has 2 heterocycles. The third-order valence-electron chi connectivity index (χ3n) is 6.02. The predicted octanol–water partition coefficient (Wildman–Crippen LogP) is 2.65. The maximum atomic E-state index is 13.2. The third-order valence-corrected chi connectivity index (χ3v) is 6.02. The van der Waals surface area contributed by atoms with Gasteiger partial charge in [-0.05, 0) is 43.7 Å². The van der Waals surface area contributed by atoms with E-state index in [9.17, 15) is 9.59 Å². The van der Waals surface area contributed by atoms with Crippen molar-refractivity contribution in [2.75, 3.05) is 51.9 Å². The largest absolute Gasteiger partial charge is 0.491 e. The molecule has 36 heavy (non-hydrogen) atoms. The van der Waals surface area contributed by atoms with E-state index in [1.807, 2.05) is 6.07 Å². The minimum Gasteiger partial charge on any atom is -0.491 e. The average Bonchev–Trinajstić information content (AvgIpc) is 2.91. The van der Waals surface area contributed by atoms with E-state index >= 15 is 0 Å². The molecule has 4 rings (SSSR count). The number of methoxy groups -OCH3 is 1. The second kappa shape index (κ2) is 11.7. The standard InChI is InChI=1S/C26H29N5O5/c1-3-31-25(33)20-8-9-21(36-13-5-10-30-11-14-35-15-12-30)23(34-2)22(20)28-26(31)29-24(32)19-7-4-6-18(16-19)17-27/h4,6-9,16H,3,5,10-15H2,1-2H3,(H,28,29,32). The number of benzene rings is 2.